The average molecular weight is 236 g/mol. The molecule has 2 N–H and O–H groups in total. The molecule has 0 aromatic heterocycles. The third-order valence-electron chi connectivity index (χ3n) is 3.67. The van der Waals surface area contributed by atoms with Crippen molar-refractivity contribution in [2.45, 2.75) is 39.0 Å². The van der Waals surface area contributed by atoms with Crippen LogP contribution < -0.4 is 0 Å². The SMILES string of the molecule is CCC(C)CC(CO)(CO)c1cccc(C)c1. The van der Waals surface area contributed by atoms with Crippen molar-refractivity contribution < 1.29 is 10.2 Å². The Morgan fingerprint density at radius 3 is 2.35 bits per heavy atom. The van der Waals surface area contributed by atoms with Gasteiger partial charge in [-0.1, -0.05) is 50.1 Å². The van der Waals surface area contributed by atoms with E-state index in [9.17, 15) is 10.2 Å². The molecule has 2 heteroatoms. The van der Waals surface area contributed by atoms with Gasteiger partial charge in [-0.05, 0) is 24.8 Å². The van der Waals surface area contributed by atoms with E-state index in [-0.39, 0.29) is 13.2 Å². The monoisotopic (exact) mass is 236 g/mol. The van der Waals surface area contributed by atoms with Crippen LogP contribution in [0.15, 0.2) is 24.3 Å². The van der Waals surface area contributed by atoms with Crippen molar-refractivity contribution >= 4 is 0 Å². The summed E-state index contributed by atoms with van der Waals surface area (Å²) in [5.41, 5.74) is 1.71. The van der Waals surface area contributed by atoms with Gasteiger partial charge in [-0.15, -0.1) is 0 Å². The summed E-state index contributed by atoms with van der Waals surface area (Å²) in [6.45, 7) is 6.33. The molecule has 0 aliphatic rings. The van der Waals surface area contributed by atoms with Gasteiger partial charge in [-0.3, -0.25) is 0 Å². The Hall–Kier alpha value is -0.860. The second kappa shape index (κ2) is 6.18. The van der Waals surface area contributed by atoms with Gasteiger partial charge in [0, 0.05) is 5.41 Å². The predicted molar refractivity (Wildman–Crippen MR) is 71.1 cm³/mol. The summed E-state index contributed by atoms with van der Waals surface area (Å²) >= 11 is 0. The molecule has 0 radical (unpaired) electrons. The molecule has 2 nitrogen and oxygen atoms in total. The fourth-order valence-electron chi connectivity index (χ4n) is 2.27. The van der Waals surface area contributed by atoms with E-state index in [4.69, 9.17) is 0 Å². The number of benzene rings is 1. The van der Waals surface area contributed by atoms with E-state index in [1.807, 2.05) is 25.1 Å². The average Bonchev–Trinajstić information content (AvgIpc) is 2.35. The van der Waals surface area contributed by atoms with Gasteiger partial charge in [0.25, 0.3) is 0 Å². The van der Waals surface area contributed by atoms with Crippen molar-refractivity contribution in [2.24, 2.45) is 5.92 Å². The first-order chi connectivity index (χ1) is 8.07. The van der Waals surface area contributed by atoms with Crippen molar-refractivity contribution in [3.8, 4) is 0 Å². The van der Waals surface area contributed by atoms with Gasteiger partial charge < -0.3 is 10.2 Å². The fraction of sp³-hybridized carbons (Fsp3) is 0.600. The zero-order valence-electron chi connectivity index (χ0n) is 11.1. The van der Waals surface area contributed by atoms with Crippen molar-refractivity contribution in [3.05, 3.63) is 35.4 Å². The first-order valence-electron chi connectivity index (χ1n) is 6.37. The number of aliphatic hydroxyl groups is 2. The molecule has 1 aromatic rings. The van der Waals surface area contributed by atoms with Crippen molar-refractivity contribution in [1.82, 2.24) is 0 Å². The van der Waals surface area contributed by atoms with Crippen LogP contribution in [0.5, 0.6) is 0 Å². The first-order valence-corrected chi connectivity index (χ1v) is 6.37. The minimum absolute atomic E-state index is 0.00269. The quantitative estimate of drug-likeness (QED) is 0.797. The van der Waals surface area contributed by atoms with Crippen LogP contribution in [-0.4, -0.2) is 23.4 Å². The Bertz CT molecular complexity index is 343. The standard InChI is InChI=1S/C15H24O2/c1-4-12(2)9-15(10-16,11-17)14-7-5-6-13(3)8-14/h5-8,12,16-17H,4,9-11H2,1-3H3. The maximum Gasteiger partial charge on any atom is 0.0550 e. The molecule has 1 atom stereocenters. The minimum Gasteiger partial charge on any atom is -0.395 e. The second-order valence-corrected chi connectivity index (χ2v) is 5.18. The lowest BCUT2D eigenvalue weighted by Crippen LogP contribution is -2.36. The highest BCUT2D eigenvalue weighted by Crippen LogP contribution is 2.32. The largest absolute Gasteiger partial charge is 0.395 e. The molecule has 0 spiro atoms. The summed E-state index contributed by atoms with van der Waals surface area (Å²) in [4.78, 5) is 0. The topological polar surface area (TPSA) is 40.5 Å². The number of aryl methyl sites for hydroxylation is 1. The summed E-state index contributed by atoms with van der Waals surface area (Å²) in [7, 11) is 0. The highest BCUT2D eigenvalue weighted by molar-refractivity contribution is 5.30. The van der Waals surface area contributed by atoms with Gasteiger partial charge >= 0.3 is 0 Å². The van der Waals surface area contributed by atoms with Crippen LogP contribution in [0.1, 0.15) is 37.8 Å². The van der Waals surface area contributed by atoms with E-state index in [1.54, 1.807) is 0 Å². The van der Waals surface area contributed by atoms with Crippen LogP contribution in [0.2, 0.25) is 0 Å². The Balaban J connectivity index is 3.06. The fourth-order valence-corrected chi connectivity index (χ4v) is 2.27. The Morgan fingerprint density at radius 1 is 1.24 bits per heavy atom. The van der Waals surface area contributed by atoms with Crippen LogP contribution >= 0.6 is 0 Å². The first kappa shape index (κ1) is 14.2. The molecule has 0 aliphatic carbocycles. The van der Waals surface area contributed by atoms with Crippen LogP contribution in [0, 0.1) is 12.8 Å². The normalized spacial score (nSPS) is 13.7. The Kier molecular flexibility index (Phi) is 5.16. The van der Waals surface area contributed by atoms with Crippen LogP contribution in [0.25, 0.3) is 0 Å². The van der Waals surface area contributed by atoms with Gasteiger partial charge in [-0.2, -0.15) is 0 Å². The zero-order chi connectivity index (χ0) is 12.9. The van der Waals surface area contributed by atoms with Crippen LogP contribution in [0.3, 0.4) is 0 Å². The number of hydrogen-bond acceptors (Lipinski definition) is 2. The van der Waals surface area contributed by atoms with E-state index in [0.29, 0.717) is 5.92 Å². The molecule has 17 heavy (non-hydrogen) atoms. The van der Waals surface area contributed by atoms with Crippen molar-refractivity contribution in [1.29, 1.82) is 0 Å². The third kappa shape index (κ3) is 3.30. The van der Waals surface area contributed by atoms with E-state index in [0.717, 1.165) is 24.0 Å². The second-order valence-electron chi connectivity index (χ2n) is 5.18. The summed E-state index contributed by atoms with van der Waals surface area (Å²) in [6.07, 6.45) is 1.88. The summed E-state index contributed by atoms with van der Waals surface area (Å²) in [6, 6.07) is 8.09. The molecule has 1 unspecified atom stereocenters. The molecule has 0 aliphatic heterocycles. The zero-order valence-corrected chi connectivity index (χ0v) is 11.1. The van der Waals surface area contributed by atoms with Gasteiger partial charge in [-0.25, -0.2) is 0 Å². The highest BCUT2D eigenvalue weighted by atomic mass is 16.3. The molecule has 96 valence electrons. The van der Waals surface area contributed by atoms with Crippen molar-refractivity contribution in [2.75, 3.05) is 13.2 Å². The molecular formula is C15H24O2. The van der Waals surface area contributed by atoms with Crippen molar-refractivity contribution in [3.63, 3.8) is 0 Å². The third-order valence-corrected chi connectivity index (χ3v) is 3.67. The molecule has 0 saturated carbocycles. The van der Waals surface area contributed by atoms with E-state index in [2.05, 4.69) is 19.9 Å². The number of rotatable bonds is 6. The van der Waals surface area contributed by atoms with E-state index < -0.39 is 5.41 Å². The molecule has 1 aromatic carbocycles. The lowest BCUT2D eigenvalue weighted by molar-refractivity contribution is 0.0964. The maximum atomic E-state index is 9.71. The maximum absolute atomic E-state index is 9.71. The molecule has 0 saturated heterocycles. The lowest BCUT2D eigenvalue weighted by atomic mass is 9.74. The molecular weight excluding hydrogens is 212 g/mol. The summed E-state index contributed by atoms with van der Waals surface area (Å²) in [5, 5.41) is 19.4. The van der Waals surface area contributed by atoms with Gasteiger partial charge in [0.1, 0.15) is 0 Å². The molecule has 0 bridgehead atoms. The Morgan fingerprint density at radius 2 is 1.88 bits per heavy atom. The van der Waals surface area contributed by atoms with Gasteiger partial charge in [0.05, 0.1) is 13.2 Å². The van der Waals surface area contributed by atoms with Crippen LogP contribution in [0.4, 0.5) is 0 Å². The van der Waals surface area contributed by atoms with Gasteiger partial charge in [0.2, 0.25) is 0 Å². The molecule has 0 heterocycles. The predicted octanol–water partition coefficient (Wildman–Crippen LogP) is 2.65. The summed E-state index contributed by atoms with van der Waals surface area (Å²) < 4.78 is 0. The summed E-state index contributed by atoms with van der Waals surface area (Å²) in [5.74, 6) is 0.495. The molecule has 0 fully saturated rings. The molecule has 0 amide bonds. The smallest absolute Gasteiger partial charge is 0.0550 e. The van der Waals surface area contributed by atoms with Crippen LogP contribution in [-0.2, 0) is 5.41 Å². The minimum atomic E-state index is -0.499. The number of aliphatic hydroxyl groups excluding tert-OH is 2. The van der Waals surface area contributed by atoms with E-state index >= 15 is 0 Å². The molecule has 1 rings (SSSR count). The Labute approximate surface area is 104 Å². The van der Waals surface area contributed by atoms with Gasteiger partial charge in [0.15, 0.2) is 0 Å². The highest BCUT2D eigenvalue weighted by Gasteiger charge is 2.32. The van der Waals surface area contributed by atoms with E-state index in [1.165, 1.54) is 0 Å². The number of hydrogen-bond donors (Lipinski definition) is 2. The lowest BCUT2D eigenvalue weighted by Gasteiger charge is -2.33.